The number of hydrogen-bond acceptors (Lipinski definition) is 7. The molecule has 178 valence electrons. The average molecular weight is 479 g/mol. The molecule has 2 aromatic carbocycles. The van der Waals surface area contributed by atoms with Crippen LogP contribution < -0.4 is 15.4 Å². The lowest BCUT2D eigenvalue weighted by atomic mass is 10.1. The standard InChI is InChI=1S/C26H31N4O3P/c1-34(2,31)24-17-22-20(16-23(24)32-14-7-13-30-11-4-3-5-12-30)26(28-18-27-22)29-21-9-6-8-19-10-15-33-25(19)21/h6,8-10,15-18H,3-5,7,11-14H2,1-2H3,(H,27,28,29). The van der Waals surface area contributed by atoms with Crippen LogP contribution in [0.3, 0.4) is 0 Å². The van der Waals surface area contributed by atoms with Gasteiger partial charge in [0.2, 0.25) is 0 Å². The summed E-state index contributed by atoms with van der Waals surface area (Å²) in [5, 5.41) is 5.94. The van der Waals surface area contributed by atoms with Gasteiger partial charge in [-0.2, -0.15) is 0 Å². The van der Waals surface area contributed by atoms with E-state index in [1.165, 1.54) is 38.7 Å². The van der Waals surface area contributed by atoms with E-state index in [2.05, 4.69) is 20.2 Å². The number of nitrogens with one attached hydrogen (secondary N) is 1. The Balaban J connectivity index is 1.43. The number of nitrogens with zero attached hydrogens (tertiary/aromatic N) is 3. The first-order valence-corrected chi connectivity index (χ1v) is 14.5. The molecule has 0 radical (unpaired) electrons. The van der Waals surface area contributed by atoms with Gasteiger partial charge in [-0.3, -0.25) is 0 Å². The number of piperidine rings is 1. The van der Waals surface area contributed by atoms with Crippen LogP contribution >= 0.6 is 7.14 Å². The van der Waals surface area contributed by atoms with Crippen LogP contribution in [-0.4, -0.2) is 54.4 Å². The summed E-state index contributed by atoms with van der Waals surface area (Å²) in [6, 6.07) is 11.7. The van der Waals surface area contributed by atoms with Crippen molar-refractivity contribution in [2.45, 2.75) is 25.7 Å². The number of ether oxygens (including phenoxy) is 1. The highest BCUT2D eigenvalue weighted by Crippen LogP contribution is 2.41. The van der Waals surface area contributed by atoms with Gasteiger partial charge in [-0.25, -0.2) is 9.97 Å². The second-order valence-electron chi connectivity index (χ2n) is 9.28. The summed E-state index contributed by atoms with van der Waals surface area (Å²) < 4.78 is 25.0. The fraction of sp³-hybridized carbons (Fsp3) is 0.385. The summed E-state index contributed by atoms with van der Waals surface area (Å²) in [6.07, 6.45) is 8.04. The van der Waals surface area contributed by atoms with E-state index in [0.717, 1.165) is 45.8 Å². The number of benzene rings is 2. The van der Waals surface area contributed by atoms with E-state index in [9.17, 15) is 4.57 Å². The number of anilines is 2. The minimum atomic E-state index is -2.57. The van der Waals surface area contributed by atoms with Crippen molar-refractivity contribution < 1.29 is 13.7 Å². The number of hydrogen-bond donors (Lipinski definition) is 1. The van der Waals surface area contributed by atoms with E-state index < -0.39 is 7.14 Å². The predicted octanol–water partition coefficient (Wildman–Crippen LogP) is 5.62. The molecule has 8 heteroatoms. The average Bonchev–Trinajstić information content (AvgIpc) is 3.32. The maximum absolute atomic E-state index is 13.1. The minimum Gasteiger partial charge on any atom is -0.493 e. The number of aromatic nitrogens is 2. The molecule has 0 spiro atoms. The highest BCUT2D eigenvalue weighted by Gasteiger charge is 2.21. The van der Waals surface area contributed by atoms with Crippen LogP contribution in [0.4, 0.5) is 11.5 Å². The number of furan rings is 1. The third-order valence-electron chi connectivity index (χ3n) is 6.35. The van der Waals surface area contributed by atoms with Gasteiger partial charge >= 0.3 is 0 Å². The smallest absolute Gasteiger partial charge is 0.157 e. The summed E-state index contributed by atoms with van der Waals surface area (Å²) in [5.74, 6) is 1.30. The fourth-order valence-electron chi connectivity index (χ4n) is 4.58. The summed E-state index contributed by atoms with van der Waals surface area (Å²) in [6.45, 7) is 7.50. The third kappa shape index (κ3) is 4.96. The summed E-state index contributed by atoms with van der Waals surface area (Å²) in [4.78, 5) is 11.4. The van der Waals surface area contributed by atoms with Crippen LogP contribution in [0.25, 0.3) is 21.9 Å². The van der Waals surface area contributed by atoms with Crippen molar-refractivity contribution in [2.24, 2.45) is 0 Å². The van der Waals surface area contributed by atoms with Crippen LogP contribution in [0.1, 0.15) is 25.7 Å². The fourth-order valence-corrected chi connectivity index (χ4v) is 5.67. The molecule has 0 saturated carbocycles. The monoisotopic (exact) mass is 478 g/mol. The molecular weight excluding hydrogens is 447 g/mol. The Bertz CT molecular complexity index is 1340. The van der Waals surface area contributed by atoms with Crippen molar-refractivity contribution in [3.05, 3.63) is 49.0 Å². The zero-order valence-electron chi connectivity index (χ0n) is 19.8. The van der Waals surface area contributed by atoms with E-state index >= 15 is 0 Å². The lowest BCUT2D eigenvalue weighted by Gasteiger charge is -2.26. The number of likely N-dealkylation sites (tertiary alicyclic amines) is 1. The van der Waals surface area contributed by atoms with Crippen LogP contribution in [0.2, 0.25) is 0 Å². The summed E-state index contributed by atoms with van der Waals surface area (Å²) >= 11 is 0. The van der Waals surface area contributed by atoms with Gasteiger partial charge in [0.1, 0.15) is 25.0 Å². The first kappa shape index (κ1) is 22.9. The van der Waals surface area contributed by atoms with Gasteiger partial charge in [0.25, 0.3) is 0 Å². The molecule has 0 bridgehead atoms. The van der Waals surface area contributed by atoms with Crippen molar-refractivity contribution >= 4 is 45.8 Å². The second kappa shape index (κ2) is 9.77. The van der Waals surface area contributed by atoms with Gasteiger partial charge in [0.05, 0.1) is 29.4 Å². The molecule has 1 fully saturated rings. The maximum Gasteiger partial charge on any atom is 0.157 e. The first-order valence-electron chi connectivity index (χ1n) is 11.9. The van der Waals surface area contributed by atoms with E-state index in [1.807, 2.05) is 36.4 Å². The van der Waals surface area contributed by atoms with Crippen LogP contribution in [0.15, 0.2) is 53.4 Å². The highest BCUT2D eigenvalue weighted by molar-refractivity contribution is 7.70. The van der Waals surface area contributed by atoms with Gasteiger partial charge in [0, 0.05) is 17.3 Å². The first-order chi connectivity index (χ1) is 16.5. The lowest BCUT2D eigenvalue weighted by molar-refractivity contribution is 0.205. The van der Waals surface area contributed by atoms with Gasteiger partial charge in [-0.1, -0.05) is 18.6 Å². The third-order valence-corrected chi connectivity index (χ3v) is 7.86. The normalized spacial score (nSPS) is 15.1. The molecular formula is C26H31N4O3P. The molecule has 0 unspecified atom stereocenters. The van der Waals surface area contributed by atoms with Crippen LogP contribution in [-0.2, 0) is 4.57 Å². The molecule has 4 aromatic rings. The van der Waals surface area contributed by atoms with Crippen LogP contribution in [0.5, 0.6) is 5.75 Å². The molecule has 2 aromatic heterocycles. The van der Waals surface area contributed by atoms with Gasteiger partial charge in [0.15, 0.2) is 5.58 Å². The molecule has 34 heavy (non-hydrogen) atoms. The second-order valence-corrected chi connectivity index (χ2v) is 12.5. The van der Waals surface area contributed by atoms with E-state index in [4.69, 9.17) is 9.15 Å². The maximum atomic E-state index is 13.1. The summed E-state index contributed by atoms with van der Waals surface area (Å²) in [5.41, 5.74) is 2.32. The Hall–Kier alpha value is -2.89. The molecule has 5 rings (SSSR count). The topological polar surface area (TPSA) is 80.5 Å². The number of fused-ring (bicyclic) bond motifs is 2. The molecule has 1 N–H and O–H groups in total. The van der Waals surface area contributed by atoms with Crippen molar-refractivity contribution in [3.63, 3.8) is 0 Å². The van der Waals surface area contributed by atoms with Crippen molar-refractivity contribution in [1.29, 1.82) is 0 Å². The SMILES string of the molecule is CP(C)(=O)c1cc2ncnc(Nc3cccc4ccoc34)c2cc1OCCCN1CCCCC1. The Morgan fingerprint density at radius 2 is 1.97 bits per heavy atom. The van der Waals surface area contributed by atoms with Gasteiger partial charge in [-0.05, 0) is 69.9 Å². The molecule has 1 aliphatic rings. The molecule has 7 nitrogen and oxygen atoms in total. The van der Waals surface area contributed by atoms with Crippen molar-refractivity contribution in [1.82, 2.24) is 14.9 Å². The molecule has 1 saturated heterocycles. The lowest BCUT2D eigenvalue weighted by Crippen LogP contribution is -2.31. The van der Waals surface area contributed by atoms with E-state index in [1.54, 1.807) is 19.6 Å². The van der Waals surface area contributed by atoms with Crippen LogP contribution in [0, 0.1) is 0 Å². The minimum absolute atomic E-state index is 0.581. The quantitative estimate of drug-likeness (QED) is 0.260. The van der Waals surface area contributed by atoms with Crippen molar-refractivity contribution in [3.8, 4) is 5.75 Å². The van der Waals surface area contributed by atoms with Gasteiger partial charge in [-0.15, -0.1) is 0 Å². The molecule has 0 atom stereocenters. The molecule has 1 aliphatic heterocycles. The number of para-hydroxylation sites is 1. The van der Waals surface area contributed by atoms with Crippen molar-refractivity contribution in [2.75, 3.05) is 44.9 Å². The van der Waals surface area contributed by atoms with E-state index in [0.29, 0.717) is 18.2 Å². The zero-order chi connectivity index (χ0) is 23.5. The Morgan fingerprint density at radius 3 is 2.79 bits per heavy atom. The van der Waals surface area contributed by atoms with Gasteiger partial charge < -0.3 is 23.9 Å². The Kier molecular flexibility index (Phi) is 6.57. The molecule has 3 heterocycles. The number of rotatable bonds is 8. The Labute approximate surface area is 199 Å². The molecule has 0 amide bonds. The summed E-state index contributed by atoms with van der Waals surface area (Å²) in [7, 11) is -2.57. The molecule has 0 aliphatic carbocycles. The van der Waals surface area contributed by atoms with E-state index in [-0.39, 0.29) is 0 Å². The highest BCUT2D eigenvalue weighted by atomic mass is 31.2. The Morgan fingerprint density at radius 1 is 1.12 bits per heavy atom. The largest absolute Gasteiger partial charge is 0.493 e. The zero-order valence-corrected chi connectivity index (χ0v) is 20.7. The predicted molar refractivity (Wildman–Crippen MR) is 139 cm³/mol.